The Balaban J connectivity index is 4.29. The predicted octanol–water partition coefficient (Wildman–Crippen LogP) is -2.80. The van der Waals surface area contributed by atoms with Gasteiger partial charge in [-0.05, 0) is 14.0 Å². The van der Waals surface area contributed by atoms with Crippen LogP contribution in [0.3, 0.4) is 0 Å². The van der Waals surface area contributed by atoms with Crippen molar-refractivity contribution < 1.29 is 19.2 Å². The molecule has 0 aromatic heterocycles. The molecule has 0 saturated heterocycles. The van der Waals surface area contributed by atoms with E-state index in [1.807, 2.05) is 0 Å². The molecule has 0 saturated carbocycles. The average Bonchev–Trinajstić information content (AvgIpc) is 2.28. The van der Waals surface area contributed by atoms with E-state index in [-0.39, 0.29) is 0 Å². The lowest BCUT2D eigenvalue weighted by molar-refractivity contribution is -0.126. The Morgan fingerprint density at radius 2 is 2.05 bits per heavy atom. The van der Waals surface area contributed by atoms with E-state index in [1.54, 1.807) is 13.3 Å². The highest BCUT2D eigenvalue weighted by Crippen LogP contribution is 1.96. The number of primary amides is 1. The first-order valence-corrected chi connectivity index (χ1v) is 7.52. The minimum atomic E-state index is -1.07. The van der Waals surface area contributed by atoms with Gasteiger partial charge >= 0.3 is 0 Å². The van der Waals surface area contributed by atoms with E-state index in [4.69, 9.17) is 5.73 Å². The van der Waals surface area contributed by atoms with Gasteiger partial charge in [0.15, 0.2) is 0 Å². The Labute approximate surface area is 115 Å². The van der Waals surface area contributed by atoms with Crippen LogP contribution in [0.1, 0.15) is 13.3 Å². The Morgan fingerprint density at radius 3 is 2.42 bits per heavy atom. The molecule has 0 bridgehead atoms. The van der Waals surface area contributed by atoms with Gasteiger partial charge in [0.2, 0.25) is 5.91 Å². The molecule has 0 aliphatic carbocycles. The van der Waals surface area contributed by atoms with Gasteiger partial charge in [0.1, 0.15) is 11.8 Å². The molecule has 2 amide bonds. The van der Waals surface area contributed by atoms with E-state index in [9.17, 15) is 19.2 Å². The molecule has 112 valence electrons. The number of likely N-dealkylation sites (N-methyl/N-ethyl adjacent to an activating group) is 1. The lowest BCUT2D eigenvalue weighted by Crippen LogP contribution is -2.58. The van der Waals surface area contributed by atoms with E-state index in [0.717, 1.165) is 0 Å². The van der Waals surface area contributed by atoms with Crippen molar-refractivity contribution in [3.8, 4) is 0 Å². The van der Waals surface area contributed by atoms with Crippen LogP contribution in [0.25, 0.3) is 0 Å². The Kier molecular flexibility index (Phi) is 8.68. The van der Waals surface area contributed by atoms with Crippen LogP contribution in [0.4, 0.5) is 0 Å². The van der Waals surface area contributed by atoms with Crippen molar-refractivity contribution in [2.45, 2.75) is 31.5 Å². The van der Waals surface area contributed by atoms with E-state index in [2.05, 4.69) is 16.2 Å². The fourth-order valence-corrected chi connectivity index (χ4v) is 1.92. The number of aliphatic hydroxyl groups excluding tert-OH is 1. The molecular formula is C10H22N4O4S. The Bertz CT molecular complexity index is 301. The zero-order valence-electron chi connectivity index (χ0n) is 11.3. The summed E-state index contributed by atoms with van der Waals surface area (Å²) in [6.45, 7) is 1.38. The third-order valence-corrected chi connectivity index (χ3v) is 3.31. The first kappa shape index (κ1) is 18.1. The zero-order chi connectivity index (χ0) is 15.0. The summed E-state index contributed by atoms with van der Waals surface area (Å²) < 4.78 is 11.0. The molecule has 0 aromatic rings. The molecule has 6 N–H and O–H groups in total. The lowest BCUT2D eigenvalue weighted by Gasteiger charge is -2.21. The summed E-state index contributed by atoms with van der Waals surface area (Å²) in [4.78, 5) is 22.8. The van der Waals surface area contributed by atoms with Gasteiger partial charge in [-0.1, -0.05) is 11.2 Å². The highest BCUT2D eigenvalue weighted by Gasteiger charge is 2.23. The molecule has 0 heterocycles. The van der Waals surface area contributed by atoms with E-state index < -0.39 is 41.2 Å². The van der Waals surface area contributed by atoms with Crippen LogP contribution >= 0.6 is 0 Å². The molecular weight excluding hydrogens is 272 g/mol. The highest BCUT2D eigenvalue weighted by atomic mass is 32.2. The fraction of sp³-hybridized carbons (Fsp3) is 0.800. The molecule has 0 fully saturated rings. The van der Waals surface area contributed by atoms with Gasteiger partial charge < -0.3 is 20.7 Å². The van der Waals surface area contributed by atoms with Crippen molar-refractivity contribution >= 4 is 23.0 Å². The SMILES string of the molecule is CN[C@@H](CC[S+](C)[O-])C(=O)NN[C@H](C(N)=O)[C@@H](C)O. The molecule has 1 unspecified atom stereocenters. The van der Waals surface area contributed by atoms with Gasteiger partial charge in [-0.3, -0.25) is 15.0 Å². The van der Waals surface area contributed by atoms with E-state index >= 15 is 0 Å². The molecule has 19 heavy (non-hydrogen) atoms. The number of nitrogens with two attached hydrogens (primary N) is 1. The van der Waals surface area contributed by atoms with Crippen molar-refractivity contribution in [1.82, 2.24) is 16.2 Å². The largest absolute Gasteiger partial charge is 0.617 e. The molecule has 0 aliphatic heterocycles. The standard InChI is InChI=1S/C10H22N4O4S/c1-6(15)8(9(11)16)13-14-10(17)7(12-2)4-5-19(3)18/h6-8,12-13,15H,4-5H2,1-3H3,(H2,11,16)(H,14,17)/t6-,7+,8+,19?/m1/s1. The smallest absolute Gasteiger partial charge is 0.251 e. The molecule has 0 spiro atoms. The first-order valence-electron chi connectivity index (χ1n) is 5.79. The molecule has 4 atom stereocenters. The summed E-state index contributed by atoms with van der Waals surface area (Å²) in [7, 11) is 1.60. The lowest BCUT2D eigenvalue weighted by atomic mass is 10.2. The minimum absolute atomic E-state index is 0.384. The van der Waals surface area contributed by atoms with Crippen molar-refractivity contribution in [3.05, 3.63) is 0 Å². The molecule has 0 rings (SSSR count). The van der Waals surface area contributed by atoms with Gasteiger partial charge in [-0.15, -0.1) is 0 Å². The Hall–Kier alpha value is -0.870. The number of rotatable bonds is 9. The molecule has 9 heteroatoms. The van der Waals surface area contributed by atoms with Crippen molar-refractivity contribution in [2.75, 3.05) is 19.1 Å². The number of hydrogen-bond acceptors (Lipinski definition) is 6. The Morgan fingerprint density at radius 1 is 1.47 bits per heavy atom. The maximum atomic E-state index is 11.8. The van der Waals surface area contributed by atoms with E-state index in [0.29, 0.717) is 12.2 Å². The third kappa shape index (κ3) is 7.33. The van der Waals surface area contributed by atoms with Crippen LogP contribution < -0.4 is 21.9 Å². The number of carbonyl (C=O) groups excluding carboxylic acids is 2. The maximum absolute atomic E-state index is 11.8. The summed E-state index contributed by atoms with van der Waals surface area (Å²) >= 11 is -0.986. The van der Waals surface area contributed by atoms with Crippen molar-refractivity contribution in [2.24, 2.45) is 5.73 Å². The topological polar surface area (TPSA) is 140 Å². The zero-order valence-corrected chi connectivity index (χ0v) is 12.1. The number of amides is 2. The van der Waals surface area contributed by atoms with Crippen LogP contribution in [0.5, 0.6) is 0 Å². The maximum Gasteiger partial charge on any atom is 0.251 e. The molecule has 8 nitrogen and oxygen atoms in total. The van der Waals surface area contributed by atoms with Crippen molar-refractivity contribution in [1.29, 1.82) is 0 Å². The van der Waals surface area contributed by atoms with Crippen LogP contribution in [-0.2, 0) is 20.8 Å². The second-order valence-electron chi connectivity index (χ2n) is 4.16. The predicted molar refractivity (Wildman–Crippen MR) is 72.3 cm³/mol. The first-order chi connectivity index (χ1) is 8.79. The van der Waals surface area contributed by atoms with E-state index in [1.165, 1.54) is 6.92 Å². The van der Waals surface area contributed by atoms with Crippen molar-refractivity contribution in [3.63, 3.8) is 0 Å². The number of hydrogen-bond donors (Lipinski definition) is 5. The number of nitrogens with one attached hydrogen (secondary N) is 3. The van der Waals surface area contributed by atoms with Gasteiger partial charge in [0.25, 0.3) is 5.91 Å². The number of carbonyl (C=O) groups is 2. The summed E-state index contributed by atoms with van der Waals surface area (Å²) in [5, 5.41) is 12.1. The molecule has 0 aromatic carbocycles. The fourth-order valence-electron chi connectivity index (χ4n) is 1.36. The van der Waals surface area contributed by atoms with Crippen LogP contribution in [0.2, 0.25) is 0 Å². The average molecular weight is 294 g/mol. The summed E-state index contributed by atoms with van der Waals surface area (Å²) in [6.07, 6.45) is 0.914. The van der Waals surface area contributed by atoms with Crippen LogP contribution in [-0.4, -0.2) is 58.7 Å². The minimum Gasteiger partial charge on any atom is -0.617 e. The van der Waals surface area contributed by atoms with Gasteiger partial charge in [0.05, 0.1) is 18.4 Å². The normalized spacial score (nSPS) is 17.3. The monoisotopic (exact) mass is 294 g/mol. The molecule has 0 aliphatic rings. The number of hydrazine groups is 1. The summed E-state index contributed by atoms with van der Waals surface area (Å²) in [5.74, 6) is -0.806. The quantitative estimate of drug-likeness (QED) is 0.230. The van der Waals surface area contributed by atoms with Crippen LogP contribution in [0, 0.1) is 0 Å². The third-order valence-electron chi connectivity index (χ3n) is 2.50. The molecule has 0 radical (unpaired) electrons. The second-order valence-corrected chi connectivity index (χ2v) is 5.72. The van der Waals surface area contributed by atoms with Crippen LogP contribution in [0.15, 0.2) is 0 Å². The van der Waals surface area contributed by atoms with Gasteiger partial charge in [-0.25, -0.2) is 5.43 Å². The number of aliphatic hydroxyl groups is 1. The van der Waals surface area contributed by atoms with Gasteiger partial charge in [0, 0.05) is 6.42 Å². The summed E-state index contributed by atoms with van der Waals surface area (Å²) in [6, 6.07) is -1.61. The summed E-state index contributed by atoms with van der Waals surface area (Å²) in [5.41, 5.74) is 9.75. The van der Waals surface area contributed by atoms with Gasteiger partial charge in [-0.2, -0.15) is 0 Å². The highest BCUT2D eigenvalue weighted by molar-refractivity contribution is 7.90. The second kappa shape index (κ2) is 9.10.